The monoisotopic (exact) mass is 622 g/mol. The molecule has 0 heterocycles. The average molecular weight is 624 g/mol. The Hall–Kier alpha value is -2.94. The van der Waals surface area contributed by atoms with Crippen LogP contribution in [0, 0.1) is 0 Å². The molecule has 0 unspecified atom stereocenters. The maximum atomic E-state index is 12.7. The number of halogens is 3. The van der Waals surface area contributed by atoms with Gasteiger partial charge in [-0.2, -0.15) is 5.10 Å². The number of carbonyl (C=O) groups is 1. The van der Waals surface area contributed by atoms with E-state index in [0.29, 0.717) is 68.5 Å². The highest BCUT2D eigenvalue weighted by molar-refractivity contribution is 9.10. The summed E-state index contributed by atoms with van der Waals surface area (Å²) in [7, 11) is 0. The van der Waals surface area contributed by atoms with Gasteiger partial charge in [-0.15, -0.1) is 0 Å². The maximum Gasteiger partial charge on any atom is 0.271 e. The van der Waals surface area contributed by atoms with Gasteiger partial charge in [-0.25, -0.2) is 5.43 Å². The van der Waals surface area contributed by atoms with Crippen molar-refractivity contribution in [2.75, 3.05) is 19.8 Å². The van der Waals surface area contributed by atoms with E-state index in [1.165, 1.54) is 6.21 Å². The topological polar surface area (TPSA) is 78.4 Å². The molecule has 0 fully saturated rings. The lowest BCUT2D eigenvalue weighted by Gasteiger charge is -2.15. The lowest BCUT2D eigenvalue weighted by atomic mass is 10.2. The van der Waals surface area contributed by atoms with Crippen molar-refractivity contribution in [3.8, 4) is 23.0 Å². The molecule has 0 saturated carbocycles. The van der Waals surface area contributed by atoms with Crippen LogP contribution in [-0.4, -0.2) is 31.9 Å². The third-order valence-electron chi connectivity index (χ3n) is 5.07. The summed E-state index contributed by atoms with van der Waals surface area (Å²) in [5, 5.41) is 5.18. The van der Waals surface area contributed by atoms with Crippen molar-refractivity contribution in [2.24, 2.45) is 5.10 Å². The Morgan fingerprint density at radius 3 is 2.39 bits per heavy atom. The molecule has 0 aliphatic rings. The zero-order valence-corrected chi connectivity index (χ0v) is 24.5. The van der Waals surface area contributed by atoms with Crippen LogP contribution in [0.4, 0.5) is 0 Å². The minimum Gasteiger partial charge on any atom is -0.490 e. The van der Waals surface area contributed by atoms with Crippen LogP contribution in [0.15, 0.2) is 58.1 Å². The van der Waals surface area contributed by atoms with Crippen LogP contribution < -0.4 is 24.4 Å². The number of nitrogens with one attached hydrogen (secondary N) is 1. The molecule has 10 heteroatoms. The van der Waals surface area contributed by atoms with Crippen molar-refractivity contribution in [3.05, 3.63) is 79.7 Å². The van der Waals surface area contributed by atoms with Crippen LogP contribution in [0.3, 0.4) is 0 Å². The van der Waals surface area contributed by atoms with E-state index in [1.54, 1.807) is 36.4 Å². The predicted molar refractivity (Wildman–Crippen MR) is 155 cm³/mol. The SMILES string of the molecule is CCCOc1ccc(C(=O)N/N=C/c2cc(Br)c(OCc3ccc(Cl)cc3Cl)c(OCC)c2)cc1OCC. The molecule has 202 valence electrons. The molecule has 7 nitrogen and oxygen atoms in total. The molecule has 0 bridgehead atoms. The first-order chi connectivity index (χ1) is 18.4. The number of rotatable bonds is 13. The summed E-state index contributed by atoms with van der Waals surface area (Å²) in [6.07, 6.45) is 2.39. The summed E-state index contributed by atoms with van der Waals surface area (Å²) >= 11 is 15.8. The molecular formula is C28H29BrCl2N2O5. The number of ether oxygens (including phenoxy) is 4. The highest BCUT2D eigenvalue weighted by Gasteiger charge is 2.14. The minimum absolute atomic E-state index is 0.226. The number of carbonyl (C=O) groups excluding carboxylic acids is 1. The quantitative estimate of drug-likeness (QED) is 0.156. The van der Waals surface area contributed by atoms with Crippen LogP contribution in [0.2, 0.25) is 10.0 Å². The minimum atomic E-state index is -0.381. The Kier molecular flexibility index (Phi) is 11.6. The fourth-order valence-electron chi connectivity index (χ4n) is 3.33. The Morgan fingerprint density at radius 1 is 0.921 bits per heavy atom. The van der Waals surface area contributed by atoms with E-state index in [1.807, 2.05) is 32.9 Å². The Balaban J connectivity index is 1.72. The molecule has 0 saturated heterocycles. The smallest absolute Gasteiger partial charge is 0.271 e. The van der Waals surface area contributed by atoms with Crippen molar-refractivity contribution in [3.63, 3.8) is 0 Å². The summed E-state index contributed by atoms with van der Waals surface area (Å²) in [6.45, 7) is 7.45. The number of benzene rings is 3. The van der Waals surface area contributed by atoms with Gasteiger partial charge in [0.2, 0.25) is 0 Å². The van der Waals surface area contributed by atoms with Gasteiger partial charge in [0.25, 0.3) is 5.91 Å². The second kappa shape index (κ2) is 14.9. The number of hydrogen-bond donors (Lipinski definition) is 1. The maximum absolute atomic E-state index is 12.7. The van der Waals surface area contributed by atoms with Crippen LogP contribution in [-0.2, 0) is 6.61 Å². The molecule has 3 rings (SSSR count). The van der Waals surface area contributed by atoms with Crippen LogP contribution >= 0.6 is 39.1 Å². The summed E-state index contributed by atoms with van der Waals surface area (Å²) in [6, 6.07) is 13.8. The Bertz CT molecular complexity index is 1290. The molecule has 1 amide bonds. The van der Waals surface area contributed by atoms with E-state index < -0.39 is 0 Å². The van der Waals surface area contributed by atoms with Crippen molar-refractivity contribution in [2.45, 2.75) is 33.8 Å². The predicted octanol–water partition coefficient (Wildman–Crippen LogP) is 7.69. The number of hydrazone groups is 1. The molecule has 0 spiro atoms. The number of hydrogen-bond acceptors (Lipinski definition) is 6. The van der Waals surface area contributed by atoms with Gasteiger partial charge in [-0.05, 0) is 84.2 Å². The molecule has 0 radical (unpaired) electrons. The van der Waals surface area contributed by atoms with E-state index in [-0.39, 0.29) is 12.5 Å². The Labute approximate surface area is 241 Å². The fourth-order valence-corrected chi connectivity index (χ4v) is 4.37. The van der Waals surface area contributed by atoms with Gasteiger partial charge < -0.3 is 18.9 Å². The molecular weight excluding hydrogens is 595 g/mol. The van der Waals surface area contributed by atoms with E-state index in [9.17, 15) is 4.79 Å². The first-order valence-corrected chi connectivity index (χ1v) is 13.7. The molecule has 0 atom stereocenters. The fraction of sp³-hybridized carbons (Fsp3) is 0.286. The number of amides is 1. The molecule has 1 N–H and O–H groups in total. The van der Waals surface area contributed by atoms with E-state index in [2.05, 4.69) is 26.5 Å². The van der Waals surface area contributed by atoms with Crippen LogP contribution in [0.5, 0.6) is 23.0 Å². The molecule has 0 aliphatic carbocycles. The third kappa shape index (κ3) is 8.28. The Morgan fingerprint density at radius 2 is 1.68 bits per heavy atom. The summed E-state index contributed by atoms with van der Waals surface area (Å²) in [4.78, 5) is 12.7. The summed E-state index contributed by atoms with van der Waals surface area (Å²) in [5.41, 5.74) is 4.42. The highest BCUT2D eigenvalue weighted by atomic mass is 79.9. The van der Waals surface area contributed by atoms with Crippen molar-refractivity contribution >= 4 is 51.3 Å². The number of nitrogens with zero attached hydrogens (tertiary/aromatic N) is 1. The van der Waals surface area contributed by atoms with Crippen molar-refractivity contribution < 1.29 is 23.7 Å². The largest absolute Gasteiger partial charge is 0.490 e. The van der Waals surface area contributed by atoms with Crippen molar-refractivity contribution in [1.82, 2.24) is 5.43 Å². The molecule has 38 heavy (non-hydrogen) atoms. The van der Waals surface area contributed by atoms with E-state index >= 15 is 0 Å². The van der Waals surface area contributed by atoms with Gasteiger partial charge in [0.05, 0.1) is 30.5 Å². The highest BCUT2D eigenvalue weighted by Crippen LogP contribution is 2.37. The van der Waals surface area contributed by atoms with Gasteiger partial charge in [0, 0.05) is 21.2 Å². The second-order valence-electron chi connectivity index (χ2n) is 7.93. The standard InChI is InChI=1S/C28H29BrCl2N2O5/c1-4-11-37-24-10-8-19(14-25(24)35-5-2)28(34)33-32-16-18-12-22(29)27(26(13-18)36-6-3)38-17-20-7-9-21(30)15-23(20)31/h7-10,12-16H,4-6,11,17H2,1-3H3,(H,33,34)/b32-16+. The molecule has 3 aromatic rings. The summed E-state index contributed by atoms with van der Waals surface area (Å²) in [5.74, 6) is 1.77. The van der Waals surface area contributed by atoms with E-state index in [0.717, 1.165) is 12.0 Å². The van der Waals surface area contributed by atoms with E-state index in [4.69, 9.17) is 42.1 Å². The lowest BCUT2D eigenvalue weighted by Crippen LogP contribution is -2.17. The lowest BCUT2D eigenvalue weighted by molar-refractivity contribution is 0.0954. The average Bonchev–Trinajstić information content (AvgIpc) is 2.88. The first kappa shape index (κ1) is 29.6. The third-order valence-corrected chi connectivity index (χ3v) is 6.24. The second-order valence-corrected chi connectivity index (χ2v) is 9.63. The molecule has 0 aromatic heterocycles. The van der Waals surface area contributed by atoms with Crippen LogP contribution in [0.25, 0.3) is 0 Å². The van der Waals surface area contributed by atoms with Gasteiger partial charge in [-0.1, -0.05) is 36.2 Å². The summed E-state index contributed by atoms with van der Waals surface area (Å²) < 4.78 is 23.8. The normalized spacial score (nSPS) is 10.9. The molecule has 3 aromatic carbocycles. The van der Waals surface area contributed by atoms with Gasteiger partial charge in [0.1, 0.15) is 6.61 Å². The zero-order valence-electron chi connectivity index (χ0n) is 21.4. The van der Waals surface area contributed by atoms with Gasteiger partial charge in [-0.3, -0.25) is 4.79 Å². The van der Waals surface area contributed by atoms with Gasteiger partial charge >= 0.3 is 0 Å². The van der Waals surface area contributed by atoms with Crippen molar-refractivity contribution in [1.29, 1.82) is 0 Å². The van der Waals surface area contributed by atoms with Crippen LogP contribution in [0.1, 0.15) is 48.7 Å². The first-order valence-electron chi connectivity index (χ1n) is 12.1. The molecule has 0 aliphatic heterocycles. The van der Waals surface area contributed by atoms with Gasteiger partial charge in [0.15, 0.2) is 23.0 Å². The zero-order chi connectivity index (χ0) is 27.5.